The van der Waals surface area contributed by atoms with Crippen LogP contribution in [-0.2, 0) is 26.2 Å². The van der Waals surface area contributed by atoms with Gasteiger partial charge < -0.3 is 10.2 Å². The molecule has 2 aromatic carbocycles. The highest BCUT2D eigenvalue weighted by Gasteiger charge is 2.32. The number of nitrogens with zero attached hydrogens (tertiary/aromatic N) is 2. The summed E-state index contributed by atoms with van der Waals surface area (Å²) < 4.78 is 26.5. The van der Waals surface area contributed by atoms with Gasteiger partial charge in [0.2, 0.25) is 21.8 Å². The first kappa shape index (κ1) is 28.7. The third-order valence-corrected chi connectivity index (χ3v) is 7.12. The van der Waals surface area contributed by atoms with Gasteiger partial charge in [0.25, 0.3) is 0 Å². The summed E-state index contributed by atoms with van der Waals surface area (Å²) in [5, 5.41) is 3.39. The summed E-state index contributed by atoms with van der Waals surface area (Å²) in [5.41, 5.74) is 2.91. The summed E-state index contributed by atoms with van der Waals surface area (Å²) in [5.74, 6) is -0.695. The van der Waals surface area contributed by atoms with Gasteiger partial charge in [-0.1, -0.05) is 61.7 Å². The second-order valence-electron chi connectivity index (χ2n) is 8.78. The van der Waals surface area contributed by atoms with Crippen LogP contribution in [0.15, 0.2) is 42.5 Å². The van der Waals surface area contributed by atoms with Gasteiger partial charge in [0.1, 0.15) is 12.6 Å². The molecule has 0 aliphatic heterocycles. The van der Waals surface area contributed by atoms with Crippen molar-refractivity contribution in [3.05, 3.63) is 64.2 Å². The summed E-state index contributed by atoms with van der Waals surface area (Å²) in [4.78, 5) is 28.2. The first-order valence-electron chi connectivity index (χ1n) is 11.8. The molecule has 1 unspecified atom stereocenters. The van der Waals surface area contributed by atoms with Gasteiger partial charge in [0, 0.05) is 18.1 Å². The number of anilines is 1. The van der Waals surface area contributed by atoms with Crippen molar-refractivity contribution >= 4 is 39.1 Å². The highest BCUT2D eigenvalue weighted by molar-refractivity contribution is 7.92. The summed E-state index contributed by atoms with van der Waals surface area (Å²) in [6.45, 7) is 7.87. The maximum absolute atomic E-state index is 13.7. The Balaban J connectivity index is 2.43. The number of carbonyl (C=O) groups is 2. The van der Waals surface area contributed by atoms with Crippen LogP contribution in [0.4, 0.5) is 5.69 Å². The third-order valence-electron chi connectivity index (χ3n) is 5.76. The molecule has 2 rings (SSSR count). The average molecular weight is 522 g/mol. The molecule has 0 fully saturated rings. The second-order valence-corrected chi connectivity index (χ2v) is 11.1. The molecule has 0 heterocycles. The van der Waals surface area contributed by atoms with Crippen molar-refractivity contribution in [1.82, 2.24) is 10.2 Å². The zero-order chi connectivity index (χ0) is 26.2. The molecule has 2 amide bonds. The van der Waals surface area contributed by atoms with Gasteiger partial charge in [-0.05, 0) is 56.0 Å². The minimum atomic E-state index is -3.79. The lowest BCUT2D eigenvalue weighted by molar-refractivity contribution is -0.140. The molecule has 0 spiro atoms. The number of nitrogens with one attached hydrogen (secondary N) is 1. The van der Waals surface area contributed by atoms with Crippen molar-refractivity contribution in [2.24, 2.45) is 0 Å². The van der Waals surface area contributed by atoms with Gasteiger partial charge in [0.15, 0.2) is 0 Å². The minimum Gasteiger partial charge on any atom is -0.354 e. The Kier molecular flexibility index (Phi) is 10.6. The fourth-order valence-corrected chi connectivity index (χ4v) is 5.06. The molecule has 0 saturated carbocycles. The lowest BCUT2D eigenvalue weighted by Gasteiger charge is -2.33. The van der Waals surface area contributed by atoms with E-state index in [0.29, 0.717) is 29.2 Å². The lowest BCUT2D eigenvalue weighted by Crippen LogP contribution is -2.52. The lowest BCUT2D eigenvalue weighted by atomic mass is 10.1. The van der Waals surface area contributed by atoms with Crippen LogP contribution < -0.4 is 9.62 Å². The Morgan fingerprint density at radius 2 is 1.80 bits per heavy atom. The Morgan fingerprint density at radius 1 is 1.09 bits per heavy atom. The molecular formula is C26H36ClN3O4S. The molecular weight excluding hydrogens is 486 g/mol. The topological polar surface area (TPSA) is 86.8 Å². The van der Waals surface area contributed by atoms with E-state index in [2.05, 4.69) is 5.32 Å². The Hall–Kier alpha value is -2.58. The van der Waals surface area contributed by atoms with Crippen LogP contribution in [0.25, 0.3) is 0 Å². The Labute approximate surface area is 214 Å². The molecule has 0 aromatic heterocycles. The number of aryl methyl sites for hydroxylation is 2. The first-order chi connectivity index (χ1) is 16.5. The van der Waals surface area contributed by atoms with Crippen molar-refractivity contribution in [2.75, 3.05) is 23.7 Å². The maximum atomic E-state index is 13.7. The summed E-state index contributed by atoms with van der Waals surface area (Å²) in [6, 6.07) is 11.8. The fourth-order valence-electron chi connectivity index (χ4n) is 3.93. The zero-order valence-corrected chi connectivity index (χ0v) is 22.7. The Bertz CT molecular complexity index is 1140. The number of sulfonamides is 1. The standard InChI is InChI=1S/C26H36ClN3O4S/c1-6-8-14-28-26(32)23(7-2)29(17-21-11-9-10-19(3)15-21)25(31)18-30(35(5,33)34)24-13-12-22(27)16-20(24)4/h9-13,15-16,23H,6-8,14,17-18H2,1-5H3,(H,28,32). The van der Waals surface area contributed by atoms with Gasteiger partial charge in [0.05, 0.1) is 11.9 Å². The number of hydrogen-bond acceptors (Lipinski definition) is 4. The number of amides is 2. The molecule has 0 radical (unpaired) electrons. The van der Waals surface area contributed by atoms with Gasteiger partial charge in [-0.3, -0.25) is 13.9 Å². The van der Waals surface area contributed by atoms with Crippen molar-refractivity contribution in [1.29, 1.82) is 0 Å². The summed E-state index contributed by atoms with van der Waals surface area (Å²) >= 11 is 6.05. The second kappa shape index (κ2) is 12.9. The molecule has 1 N–H and O–H groups in total. The van der Waals surface area contributed by atoms with E-state index >= 15 is 0 Å². The molecule has 9 heteroatoms. The van der Waals surface area contributed by atoms with Crippen LogP contribution in [-0.4, -0.2) is 50.5 Å². The van der Waals surface area contributed by atoms with Crippen molar-refractivity contribution in [3.8, 4) is 0 Å². The molecule has 0 bridgehead atoms. The molecule has 0 aliphatic carbocycles. The van der Waals surface area contributed by atoms with Crippen LogP contribution in [0.5, 0.6) is 0 Å². The molecule has 1 atom stereocenters. The van der Waals surface area contributed by atoms with E-state index in [1.807, 2.05) is 45.0 Å². The average Bonchev–Trinajstić information content (AvgIpc) is 2.77. The highest BCUT2D eigenvalue weighted by atomic mass is 35.5. The number of hydrogen-bond donors (Lipinski definition) is 1. The largest absolute Gasteiger partial charge is 0.354 e. The first-order valence-corrected chi connectivity index (χ1v) is 14.1. The minimum absolute atomic E-state index is 0.192. The monoisotopic (exact) mass is 521 g/mol. The van der Waals surface area contributed by atoms with Crippen molar-refractivity contribution in [3.63, 3.8) is 0 Å². The summed E-state index contributed by atoms with van der Waals surface area (Å²) in [6.07, 6.45) is 3.24. The molecule has 2 aromatic rings. The van der Waals surface area contributed by atoms with E-state index in [9.17, 15) is 18.0 Å². The number of halogens is 1. The van der Waals surface area contributed by atoms with Gasteiger partial charge in [-0.2, -0.15) is 0 Å². The van der Waals surface area contributed by atoms with Crippen LogP contribution in [0.1, 0.15) is 49.8 Å². The fraction of sp³-hybridized carbons (Fsp3) is 0.462. The van der Waals surface area contributed by atoms with Crippen molar-refractivity contribution < 1.29 is 18.0 Å². The number of rotatable bonds is 12. The third kappa shape index (κ3) is 8.25. The number of carbonyl (C=O) groups excluding carboxylic acids is 2. The summed E-state index contributed by atoms with van der Waals surface area (Å²) in [7, 11) is -3.79. The van der Waals surface area contributed by atoms with E-state index in [1.165, 1.54) is 4.90 Å². The smallest absolute Gasteiger partial charge is 0.244 e. The van der Waals surface area contributed by atoms with Gasteiger partial charge in [-0.25, -0.2) is 8.42 Å². The van der Waals surface area contributed by atoms with E-state index < -0.39 is 28.5 Å². The van der Waals surface area contributed by atoms with E-state index in [-0.39, 0.29) is 12.5 Å². The van der Waals surface area contributed by atoms with Crippen LogP contribution >= 0.6 is 11.6 Å². The van der Waals surface area contributed by atoms with Gasteiger partial charge in [-0.15, -0.1) is 0 Å². The quantitative estimate of drug-likeness (QED) is 0.418. The predicted octanol–water partition coefficient (Wildman–Crippen LogP) is 4.45. The maximum Gasteiger partial charge on any atom is 0.244 e. The molecule has 35 heavy (non-hydrogen) atoms. The normalized spacial score (nSPS) is 12.2. The van der Waals surface area contributed by atoms with Crippen LogP contribution in [0.2, 0.25) is 5.02 Å². The van der Waals surface area contributed by atoms with Gasteiger partial charge >= 0.3 is 0 Å². The molecule has 192 valence electrons. The van der Waals surface area contributed by atoms with E-state index in [0.717, 1.165) is 34.5 Å². The van der Waals surface area contributed by atoms with Crippen LogP contribution in [0.3, 0.4) is 0 Å². The van der Waals surface area contributed by atoms with Crippen molar-refractivity contribution in [2.45, 2.75) is 59.5 Å². The SMILES string of the molecule is CCCCNC(=O)C(CC)N(Cc1cccc(C)c1)C(=O)CN(c1ccc(Cl)cc1C)S(C)(=O)=O. The molecule has 0 aliphatic rings. The van der Waals surface area contributed by atoms with E-state index in [4.69, 9.17) is 11.6 Å². The van der Waals surface area contributed by atoms with E-state index in [1.54, 1.807) is 25.1 Å². The highest BCUT2D eigenvalue weighted by Crippen LogP contribution is 2.26. The Morgan fingerprint density at radius 3 is 2.37 bits per heavy atom. The zero-order valence-electron chi connectivity index (χ0n) is 21.2. The predicted molar refractivity (Wildman–Crippen MR) is 142 cm³/mol. The molecule has 0 saturated heterocycles. The molecule has 7 nitrogen and oxygen atoms in total. The number of unbranched alkanes of at least 4 members (excludes halogenated alkanes) is 1. The number of benzene rings is 2. The van der Waals surface area contributed by atoms with Crippen LogP contribution in [0, 0.1) is 13.8 Å².